The van der Waals surface area contributed by atoms with E-state index < -0.39 is 71.9 Å². The summed E-state index contributed by atoms with van der Waals surface area (Å²) in [6.07, 6.45) is -5.78. The van der Waals surface area contributed by atoms with Crippen molar-refractivity contribution in [3.63, 3.8) is 0 Å². The highest BCUT2D eigenvalue weighted by Gasteiger charge is 2.49. The molecular formula is C29H56N2O9. The van der Waals surface area contributed by atoms with Crippen LogP contribution in [0.1, 0.15) is 74.7 Å². The molecule has 0 amide bonds. The fourth-order valence-electron chi connectivity index (χ4n) is 6.54. The minimum atomic E-state index is -1.75. The first-order valence-electron chi connectivity index (χ1n) is 14.8. The second-order valence-electron chi connectivity index (χ2n) is 13.0. The minimum Gasteiger partial charge on any atom is -0.459 e. The van der Waals surface area contributed by atoms with Crippen LogP contribution in [0.15, 0.2) is 0 Å². The number of nitrogens with zero attached hydrogens (tertiary/aromatic N) is 1. The van der Waals surface area contributed by atoms with Crippen molar-refractivity contribution in [2.24, 2.45) is 17.8 Å². The molecule has 0 spiro atoms. The van der Waals surface area contributed by atoms with E-state index in [0.717, 1.165) is 0 Å². The number of rotatable bonds is 4. The van der Waals surface area contributed by atoms with Gasteiger partial charge < -0.3 is 50.0 Å². The van der Waals surface area contributed by atoms with Crippen LogP contribution in [0.4, 0.5) is 0 Å². The van der Waals surface area contributed by atoms with E-state index in [9.17, 15) is 30.3 Å². The SMILES string of the molecule is CC[C@H]1OC(=O)[C@H](C)[C@@H](O)[C@H](C)[C@@H](O[C@@H]2O[C@H](C)C[C@H](NC)[C@H]2O)[C@](C)(O)C[C@@H](C)CN(C)[C@H](C)[C@@H](O)[C@]1(C)O. The molecule has 14 atom stereocenters. The van der Waals surface area contributed by atoms with Crippen LogP contribution in [0.5, 0.6) is 0 Å². The molecule has 2 aliphatic heterocycles. The van der Waals surface area contributed by atoms with Crippen molar-refractivity contribution in [3.8, 4) is 0 Å². The molecule has 0 unspecified atom stereocenters. The molecule has 0 aliphatic carbocycles. The molecule has 0 aromatic heterocycles. The van der Waals surface area contributed by atoms with E-state index >= 15 is 0 Å². The number of aliphatic hydroxyl groups excluding tert-OH is 3. The van der Waals surface area contributed by atoms with Crippen LogP contribution >= 0.6 is 0 Å². The monoisotopic (exact) mass is 576 g/mol. The van der Waals surface area contributed by atoms with Gasteiger partial charge in [0, 0.05) is 24.5 Å². The molecule has 236 valence electrons. The average molecular weight is 577 g/mol. The first-order valence-corrected chi connectivity index (χ1v) is 14.8. The van der Waals surface area contributed by atoms with Gasteiger partial charge in [-0.1, -0.05) is 20.8 Å². The molecule has 2 fully saturated rings. The van der Waals surface area contributed by atoms with Crippen LogP contribution in [0.3, 0.4) is 0 Å². The molecule has 0 bridgehead atoms. The third-order valence-corrected chi connectivity index (χ3v) is 9.20. The predicted octanol–water partition coefficient (Wildman–Crippen LogP) is 0.633. The lowest BCUT2D eigenvalue weighted by atomic mass is 9.78. The van der Waals surface area contributed by atoms with E-state index in [-0.39, 0.29) is 30.9 Å². The number of esters is 1. The van der Waals surface area contributed by atoms with E-state index in [0.29, 0.717) is 13.0 Å². The van der Waals surface area contributed by atoms with Crippen LogP contribution in [-0.2, 0) is 19.0 Å². The summed E-state index contributed by atoms with van der Waals surface area (Å²) in [5.41, 5.74) is -3.24. The van der Waals surface area contributed by atoms with Gasteiger partial charge in [0.1, 0.15) is 23.9 Å². The molecule has 6 N–H and O–H groups in total. The molecule has 0 radical (unpaired) electrons. The van der Waals surface area contributed by atoms with Gasteiger partial charge in [-0.2, -0.15) is 0 Å². The summed E-state index contributed by atoms with van der Waals surface area (Å²) in [5, 5.41) is 59.8. The number of carbonyl (C=O) groups is 1. The third-order valence-electron chi connectivity index (χ3n) is 9.20. The molecule has 0 saturated carbocycles. The summed E-state index contributed by atoms with van der Waals surface area (Å²) in [7, 11) is 3.58. The predicted molar refractivity (Wildman–Crippen MR) is 150 cm³/mol. The topological polar surface area (TPSA) is 161 Å². The molecule has 0 aromatic rings. The number of ether oxygens (including phenoxy) is 3. The fraction of sp³-hybridized carbons (Fsp3) is 0.966. The van der Waals surface area contributed by atoms with Crippen molar-refractivity contribution in [3.05, 3.63) is 0 Å². The van der Waals surface area contributed by atoms with Crippen molar-refractivity contribution < 1.29 is 44.5 Å². The Morgan fingerprint density at radius 2 is 1.68 bits per heavy atom. The number of likely N-dealkylation sites (N-methyl/N-ethyl adjacent to an activating group) is 2. The van der Waals surface area contributed by atoms with Gasteiger partial charge in [-0.15, -0.1) is 0 Å². The molecular weight excluding hydrogens is 520 g/mol. The lowest BCUT2D eigenvalue weighted by molar-refractivity contribution is -0.294. The van der Waals surface area contributed by atoms with E-state index in [2.05, 4.69) is 5.32 Å². The normalized spacial score (nSPS) is 49.1. The van der Waals surface area contributed by atoms with Crippen LogP contribution in [-0.4, -0.2) is 123 Å². The van der Waals surface area contributed by atoms with E-state index in [1.807, 2.05) is 25.8 Å². The fourth-order valence-corrected chi connectivity index (χ4v) is 6.54. The van der Waals surface area contributed by atoms with Gasteiger partial charge in [-0.3, -0.25) is 4.79 Å². The quantitative estimate of drug-likeness (QED) is 0.261. The zero-order valence-electron chi connectivity index (χ0n) is 26.1. The van der Waals surface area contributed by atoms with Crippen LogP contribution < -0.4 is 5.32 Å². The van der Waals surface area contributed by atoms with Crippen molar-refractivity contribution in [2.45, 2.75) is 141 Å². The highest BCUT2D eigenvalue weighted by atomic mass is 16.7. The summed E-state index contributed by atoms with van der Waals surface area (Å²) in [5.74, 6) is -2.65. The summed E-state index contributed by atoms with van der Waals surface area (Å²) < 4.78 is 18.0. The standard InChI is InChI=1S/C29H56N2O9/c1-11-21-29(8,37)24(34)19(6)31(10)14-15(2)13-28(7,36)25(17(4)22(32)18(5)26(35)39-21)40-27-23(33)20(30-9)12-16(3)38-27/h15-25,27,30,32-34,36-37H,11-14H2,1-10H3/t15-,16-,17+,18-,19-,20+,21-,22+,23-,24-,25-,27+,28-,29-/m1/s1. The van der Waals surface area contributed by atoms with Gasteiger partial charge in [0.2, 0.25) is 0 Å². The summed E-state index contributed by atoms with van der Waals surface area (Å²) in [6.45, 7) is 14.2. The Morgan fingerprint density at radius 3 is 2.23 bits per heavy atom. The first kappa shape index (κ1) is 35.3. The van der Waals surface area contributed by atoms with Gasteiger partial charge in [-0.25, -0.2) is 0 Å². The molecule has 11 heteroatoms. The Balaban J connectivity index is 2.51. The minimum absolute atomic E-state index is 0.0985. The number of carbonyl (C=O) groups excluding carboxylic acids is 1. The molecule has 2 aliphatic rings. The highest BCUT2D eigenvalue weighted by molar-refractivity contribution is 5.73. The van der Waals surface area contributed by atoms with E-state index in [4.69, 9.17) is 14.2 Å². The maximum Gasteiger partial charge on any atom is 0.311 e. The van der Waals surface area contributed by atoms with Crippen LogP contribution in [0.25, 0.3) is 0 Å². The molecule has 2 rings (SSSR count). The Bertz CT molecular complexity index is 812. The number of cyclic esters (lactones) is 1. The summed E-state index contributed by atoms with van der Waals surface area (Å²) in [6, 6.07) is -0.783. The molecule has 2 saturated heterocycles. The third kappa shape index (κ3) is 7.93. The largest absolute Gasteiger partial charge is 0.459 e. The second-order valence-corrected chi connectivity index (χ2v) is 13.0. The number of hydrogen-bond acceptors (Lipinski definition) is 11. The Kier molecular flexibility index (Phi) is 12.4. The Morgan fingerprint density at radius 1 is 1.07 bits per heavy atom. The molecule has 2 heterocycles. The average Bonchev–Trinajstić information content (AvgIpc) is 2.88. The summed E-state index contributed by atoms with van der Waals surface area (Å²) >= 11 is 0. The Labute approximate surface area is 240 Å². The van der Waals surface area contributed by atoms with Crippen LogP contribution in [0.2, 0.25) is 0 Å². The van der Waals surface area contributed by atoms with Crippen LogP contribution in [0, 0.1) is 17.8 Å². The zero-order chi connectivity index (χ0) is 30.7. The second kappa shape index (κ2) is 14.1. The van der Waals surface area contributed by atoms with Crippen molar-refractivity contribution in [1.29, 1.82) is 0 Å². The highest BCUT2D eigenvalue weighted by Crippen LogP contribution is 2.36. The molecule has 11 nitrogen and oxygen atoms in total. The summed E-state index contributed by atoms with van der Waals surface area (Å²) in [4.78, 5) is 15.1. The van der Waals surface area contributed by atoms with E-state index in [1.54, 1.807) is 34.7 Å². The van der Waals surface area contributed by atoms with Gasteiger partial charge in [0.05, 0.1) is 29.8 Å². The lowest BCUT2D eigenvalue weighted by Gasteiger charge is -2.45. The smallest absolute Gasteiger partial charge is 0.311 e. The van der Waals surface area contributed by atoms with Crippen molar-refractivity contribution >= 4 is 5.97 Å². The maximum absolute atomic E-state index is 13.2. The van der Waals surface area contributed by atoms with Crippen molar-refractivity contribution in [1.82, 2.24) is 10.2 Å². The molecule has 0 aromatic carbocycles. The molecule has 40 heavy (non-hydrogen) atoms. The van der Waals surface area contributed by atoms with E-state index in [1.165, 1.54) is 13.8 Å². The van der Waals surface area contributed by atoms with Gasteiger partial charge in [0.25, 0.3) is 0 Å². The number of aliphatic hydroxyl groups is 5. The van der Waals surface area contributed by atoms with Gasteiger partial charge >= 0.3 is 5.97 Å². The maximum atomic E-state index is 13.2. The Hall–Kier alpha value is -0.890. The number of nitrogens with one attached hydrogen (secondary N) is 1. The lowest BCUT2D eigenvalue weighted by Crippen LogP contribution is -2.59. The van der Waals surface area contributed by atoms with Gasteiger partial charge in [-0.05, 0) is 73.9 Å². The van der Waals surface area contributed by atoms with Crippen molar-refractivity contribution in [2.75, 3.05) is 20.6 Å². The van der Waals surface area contributed by atoms with Gasteiger partial charge in [0.15, 0.2) is 6.29 Å². The zero-order valence-corrected chi connectivity index (χ0v) is 26.1. The number of hydrogen-bond donors (Lipinski definition) is 6. The first-order chi connectivity index (χ1) is 18.4.